The molecule has 1 N–H and O–H groups in total. The van der Waals surface area contributed by atoms with Gasteiger partial charge in [0.15, 0.2) is 6.61 Å². The quantitative estimate of drug-likeness (QED) is 0.938. The number of carbonyl (C=O) groups is 1. The summed E-state index contributed by atoms with van der Waals surface area (Å²) < 4.78 is 18.9. The van der Waals surface area contributed by atoms with Crippen LogP contribution in [0.4, 0.5) is 4.39 Å². The molecule has 0 saturated carbocycles. The number of pyridine rings is 1. The molecule has 2 heterocycles. The molecule has 1 aliphatic rings. The highest BCUT2D eigenvalue weighted by atomic mass is 19.1. The van der Waals surface area contributed by atoms with Crippen molar-refractivity contribution in [3.05, 3.63) is 36.3 Å². The maximum atomic E-state index is 13.4. The normalized spacial score (nSPS) is 16.0. The van der Waals surface area contributed by atoms with Crippen LogP contribution in [0.25, 0.3) is 10.9 Å². The zero-order valence-electron chi connectivity index (χ0n) is 12.0. The number of fused-ring (bicyclic) bond motifs is 1. The largest absolute Gasteiger partial charge is 0.483 e. The number of halogens is 1. The summed E-state index contributed by atoms with van der Waals surface area (Å²) in [6, 6.07) is 5.88. The molecule has 1 aromatic carbocycles. The predicted octanol–water partition coefficient (Wildman–Crippen LogP) is 1.74. The Labute approximate surface area is 127 Å². The van der Waals surface area contributed by atoms with Crippen LogP contribution in [0, 0.1) is 5.82 Å². The number of benzene rings is 1. The number of aliphatic hydroxyl groups excluding tert-OH is 1. The van der Waals surface area contributed by atoms with Gasteiger partial charge >= 0.3 is 0 Å². The first-order chi connectivity index (χ1) is 10.6. The van der Waals surface area contributed by atoms with E-state index in [1.807, 2.05) is 0 Å². The number of aromatic nitrogens is 1. The molecule has 22 heavy (non-hydrogen) atoms. The van der Waals surface area contributed by atoms with Gasteiger partial charge in [-0.15, -0.1) is 0 Å². The van der Waals surface area contributed by atoms with Gasteiger partial charge in [0.1, 0.15) is 11.6 Å². The number of hydrogen-bond acceptors (Lipinski definition) is 4. The van der Waals surface area contributed by atoms with Crippen LogP contribution in [-0.4, -0.2) is 46.7 Å². The van der Waals surface area contributed by atoms with Crippen molar-refractivity contribution in [1.82, 2.24) is 9.88 Å². The minimum Gasteiger partial charge on any atom is -0.483 e. The van der Waals surface area contributed by atoms with Crippen LogP contribution < -0.4 is 4.74 Å². The van der Waals surface area contributed by atoms with Crippen molar-refractivity contribution in [2.24, 2.45) is 0 Å². The van der Waals surface area contributed by atoms with Gasteiger partial charge in [0.25, 0.3) is 5.91 Å². The van der Waals surface area contributed by atoms with E-state index in [0.717, 1.165) is 0 Å². The fourth-order valence-electron chi connectivity index (χ4n) is 2.57. The number of ether oxygens (including phenoxy) is 1. The Kier molecular flexibility index (Phi) is 4.20. The maximum Gasteiger partial charge on any atom is 0.260 e. The number of amides is 1. The Balaban J connectivity index is 1.69. The maximum absolute atomic E-state index is 13.4. The van der Waals surface area contributed by atoms with Gasteiger partial charge in [0.2, 0.25) is 0 Å². The summed E-state index contributed by atoms with van der Waals surface area (Å²) in [5.41, 5.74) is 0.618. The lowest BCUT2D eigenvalue weighted by Crippen LogP contribution is -2.42. The molecule has 1 saturated heterocycles. The molecule has 0 spiro atoms. The molecule has 0 bridgehead atoms. The number of carbonyl (C=O) groups excluding carboxylic acids is 1. The SMILES string of the molecule is O=C(COc1ccnc2ccc(F)cc12)N1CCC(O)CC1. The Morgan fingerprint density at radius 3 is 2.91 bits per heavy atom. The molecular formula is C16H17FN2O3. The molecule has 0 radical (unpaired) electrons. The van der Waals surface area contributed by atoms with Crippen molar-refractivity contribution in [3.8, 4) is 5.75 Å². The lowest BCUT2D eigenvalue weighted by Gasteiger charge is -2.29. The molecule has 1 fully saturated rings. The highest BCUT2D eigenvalue weighted by Gasteiger charge is 2.21. The zero-order chi connectivity index (χ0) is 15.5. The van der Waals surface area contributed by atoms with Crippen molar-refractivity contribution in [3.63, 3.8) is 0 Å². The summed E-state index contributed by atoms with van der Waals surface area (Å²) in [7, 11) is 0. The van der Waals surface area contributed by atoms with Crippen LogP contribution in [0.15, 0.2) is 30.5 Å². The Morgan fingerprint density at radius 1 is 1.36 bits per heavy atom. The second-order valence-corrected chi connectivity index (χ2v) is 5.37. The first-order valence-electron chi connectivity index (χ1n) is 7.26. The smallest absolute Gasteiger partial charge is 0.260 e. The monoisotopic (exact) mass is 304 g/mol. The van der Waals surface area contributed by atoms with Gasteiger partial charge in [0.05, 0.1) is 11.6 Å². The number of nitrogens with zero attached hydrogens (tertiary/aromatic N) is 2. The molecule has 116 valence electrons. The van der Waals surface area contributed by atoms with E-state index in [2.05, 4.69) is 4.98 Å². The molecule has 2 aromatic rings. The van der Waals surface area contributed by atoms with Crippen LogP contribution in [0.1, 0.15) is 12.8 Å². The molecule has 1 aliphatic heterocycles. The minimum atomic E-state index is -0.373. The van der Waals surface area contributed by atoms with Crippen molar-refractivity contribution in [2.75, 3.05) is 19.7 Å². The number of likely N-dealkylation sites (tertiary alicyclic amines) is 1. The third-order valence-corrected chi connectivity index (χ3v) is 3.83. The average molecular weight is 304 g/mol. The molecule has 1 amide bonds. The fourth-order valence-corrected chi connectivity index (χ4v) is 2.57. The van der Waals surface area contributed by atoms with E-state index in [4.69, 9.17) is 4.74 Å². The molecule has 0 unspecified atom stereocenters. The van der Waals surface area contributed by atoms with Crippen LogP contribution in [-0.2, 0) is 4.79 Å². The van der Waals surface area contributed by atoms with Gasteiger partial charge in [-0.25, -0.2) is 4.39 Å². The highest BCUT2D eigenvalue weighted by Crippen LogP contribution is 2.24. The molecule has 0 aliphatic carbocycles. The summed E-state index contributed by atoms with van der Waals surface area (Å²) in [5.74, 6) is -0.0649. The molecule has 3 rings (SSSR count). The summed E-state index contributed by atoms with van der Waals surface area (Å²) >= 11 is 0. The van der Waals surface area contributed by atoms with Gasteiger partial charge in [-0.2, -0.15) is 0 Å². The lowest BCUT2D eigenvalue weighted by atomic mass is 10.1. The summed E-state index contributed by atoms with van der Waals surface area (Å²) in [6.45, 7) is 0.968. The Hall–Kier alpha value is -2.21. The van der Waals surface area contributed by atoms with E-state index in [0.29, 0.717) is 42.6 Å². The van der Waals surface area contributed by atoms with Crippen molar-refractivity contribution in [1.29, 1.82) is 0 Å². The van der Waals surface area contributed by atoms with E-state index in [1.165, 1.54) is 12.1 Å². The predicted molar refractivity (Wildman–Crippen MR) is 79.0 cm³/mol. The second-order valence-electron chi connectivity index (χ2n) is 5.37. The van der Waals surface area contributed by atoms with Gasteiger partial charge in [0, 0.05) is 24.7 Å². The zero-order valence-corrected chi connectivity index (χ0v) is 12.0. The topological polar surface area (TPSA) is 62.7 Å². The van der Waals surface area contributed by atoms with E-state index in [1.54, 1.807) is 23.2 Å². The number of rotatable bonds is 3. The van der Waals surface area contributed by atoms with Crippen LogP contribution in [0.3, 0.4) is 0 Å². The van der Waals surface area contributed by atoms with Gasteiger partial charge in [-0.05, 0) is 37.1 Å². The highest BCUT2D eigenvalue weighted by molar-refractivity contribution is 5.85. The standard InChI is InChI=1S/C16H17FN2O3/c17-11-1-2-14-13(9-11)15(3-6-18-14)22-10-16(21)19-7-4-12(20)5-8-19/h1-3,6,9,12,20H,4-5,7-8,10H2. The Morgan fingerprint density at radius 2 is 2.14 bits per heavy atom. The minimum absolute atomic E-state index is 0.105. The van der Waals surface area contributed by atoms with Gasteiger partial charge in [-0.3, -0.25) is 9.78 Å². The van der Waals surface area contributed by atoms with Crippen LogP contribution in [0.2, 0.25) is 0 Å². The average Bonchev–Trinajstić information content (AvgIpc) is 2.53. The number of hydrogen-bond donors (Lipinski definition) is 1. The van der Waals surface area contributed by atoms with Gasteiger partial charge < -0.3 is 14.7 Å². The molecule has 5 nitrogen and oxygen atoms in total. The third-order valence-electron chi connectivity index (χ3n) is 3.83. The van der Waals surface area contributed by atoms with E-state index < -0.39 is 0 Å². The molecule has 1 aromatic heterocycles. The van der Waals surface area contributed by atoms with E-state index in [9.17, 15) is 14.3 Å². The number of aliphatic hydroxyl groups is 1. The fraction of sp³-hybridized carbons (Fsp3) is 0.375. The van der Waals surface area contributed by atoms with Crippen molar-refractivity contribution < 1.29 is 19.0 Å². The summed E-state index contributed by atoms with van der Waals surface area (Å²) in [5, 5.41) is 10.00. The van der Waals surface area contributed by atoms with Crippen LogP contribution in [0.5, 0.6) is 5.75 Å². The molecule has 6 heteroatoms. The lowest BCUT2D eigenvalue weighted by molar-refractivity contribution is -0.135. The first kappa shape index (κ1) is 14.7. The summed E-state index contributed by atoms with van der Waals surface area (Å²) in [4.78, 5) is 17.9. The van der Waals surface area contributed by atoms with E-state index >= 15 is 0 Å². The summed E-state index contributed by atoms with van der Waals surface area (Å²) in [6.07, 6.45) is 2.43. The first-order valence-corrected chi connectivity index (χ1v) is 7.26. The third kappa shape index (κ3) is 3.17. The number of piperidine rings is 1. The molecular weight excluding hydrogens is 287 g/mol. The van der Waals surface area contributed by atoms with Crippen molar-refractivity contribution >= 4 is 16.8 Å². The Bertz CT molecular complexity index is 684. The van der Waals surface area contributed by atoms with Gasteiger partial charge in [-0.1, -0.05) is 0 Å². The van der Waals surface area contributed by atoms with E-state index in [-0.39, 0.29) is 24.4 Å². The second kappa shape index (κ2) is 6.27. The van der Waals surface area contributed by atoms with Crippen LogP contribution >= 0.6 is 0 Å². The molecule has 0 atom stereocenters. The van der Waals surface area contributed by atoms with Crippen molar-refractivity contribution in [2.45, 2.75) is 18.9 Å².